The molecule has 0 aromatic heterocycles. The minimum Gasteiger partial charge on any atom is -0.504 e. The molecule has 0 bridgehead atoms. The van der Waals surface area contributed by atoms with Crippen LogP contribution in [0.15, 0.2) is 133 Å². The van der Waals surface area contributed by atoms with E-state index in [4.69, 9.17) is 18.9 Å². The molecule has 0 unspecified atom stereocenters. The van der Waals surface area contributed by atoms with E-state index in [1.165, 1.54) is 0 Å². The quantitative estimate of drug-likeness (QED) is 0.140. The summed E-state index contributed by atoms with van der Waals surface area (Å²) in [5.41, 5.74) is 1.37. The van der Waals surface area contributed by atoms with Gasteiger partial charge in [-0.15, -0.1) is 0 Å². The van der Waals surface area contributed by atoms with Crippen LogP contribution in [0.5, 0.6) is 34.5 Å². The van der Waals surface area contributed by atoms with E-state index < -0.39 is 0 Å². The SMILES string of the molecule is C=C(COc1cc2ccccc2cc1O)COc1cc2ccccc2cc1OCC(=C)COc1cc2ccccc2cc1O. The van der Waals surface area contributed by atoms with E-state index in [0.29, 0.717) is 34.1 Å². The lowest BCUT2D eigenvalue weighted by Gasteiger charge is -2.17. The molecule has 0 aliphatic rings. The molecule has 0 spiro atoms. The highest BCUT2D eigenvalue weighted by Gasteiger charge is 2.12. The van der Waals surface area contributed by atoms with E-state index in [0.717, 1.165) is 32.3 Å². The summed E-state index contributed by atoms with van der Waals surface area (Å²) in [6.45, 7) is 8.92. The normalized spacial score (nSPS) is 11.0. The van der Waals surface area contributed by atoms with E-state index in [-0.39, 0.29) is 37.9 Å². The topological polar surface area (TPSA) is 77.4 Å². The predicted molar refractivity (Wildman–Crippen MR) is 175 cm³/mol. The fourth-order valence-electron chi connectivity index (χ4n) is 4.87. The van der Waals surface area contributed by atoms with Gasteiger partial charge in [-0.3, -0.25) is 0 Å². The molecular formula is C38H32O6. The van der Waals surface area contributed by atoms with Crippen molar-refractivity contribution < 1.29 is 29.2 Å². The lowest BCUT2D eigenvalue weighted by atomic mass is 10.1. The molecule has 6 aromatic rings. The highest BCUT2D eigenvalue weighted by molar-refractivity contribution is 5.87. The van der Waals surface area contributed by atoms with Crippen LogP contribution in [0, 0.1) is 0 Å². The second kappa shape index (κ2) is 12.7. The Bertz CT molecular complexity index is 1850. The molecule has 0 amide bonds. The van der Waals surface area contributed by atoms with Crippen LogP contribution in [-0.4, -0.2) is 36.6 Å². The average Bonchev–Trinajstić information content (AvgIpc) is 3.04. The van der Waals surface area contributed by atoms with Crippen LogP contribution < -0.4 is 18.9 Å². The van der Waals surface area contributed by atoms with Crippen molar-refractivity contribution >= 4 is 32.3 Å². The average molecular weight is 585 g/mol. The number of aromatic hydroxyl groups is 2. The number of fused-ring (bicyclic) bond motifs is 3. The third kappa shape index (κ3) is 6.55. The number of phenolic OH excluding ortho intramolecular Hbond substituents is 2. The molecule has 0 heterocycles. The van der Waals surface area contributed by atoms with Crippen molar-refractivity contribution in [3.05, 3.63) is 133 Å². The van der Waals surface area contributed by atoms with Crippen LogP contribution in [0.4, 0.5) is 0 Å². The van der Waals surface area contributed by atoms with Gasteiger partial charge >= 0.3 is 0 Å². The van der Waals surface area contributed by atoms with Crippen molar-refractivity contribution in [3.63, 3.8) is 0 Å². The van der Waals surface area contributed by atoms with Gasteiger partial charge in [0.05, 0.1) is 0 Å². The predicted octanol–water partition coefficient (Wildman–Crippen LogP) is 8.59. The molecule has 0 radical (unpaired) electrons. The van der Waals surface area contributed by atoms with E-state index >= 15 is 0 Å². The molecule has 0 atom stereocenters. The minimum absolute atomic E-state index is 0.0719. The molecule has 44 heavy (non-hydrogen) atoms. The van der Waals surface area contributed by atoms with Crippen molar-refractivity contribution in [1.29, 1.82) is 0 Å². The maximum Gasteiger partial charge on any atom is 0.162 e. The zero-order chi connectivity index (χ0) is 30.5. The third-order valence-corrected chi connectivity index (χ3v) is 7.19. The Balaban J connectivity index is 1.08. The van der Waals surface area contributed by atoms with Crippen LogP contribution >= 0.6 is 0 Å². The van der Waals surface area contributed by atoms with E-state index in [1.807, 2.05) is 97.1 Å². The molecule has 0 aliphatic heterocycles. The van der Waals surface area contributed by atoms with E-state index in [9.17, 15) is 10.2 Å². The standard InChI is InChI=1S/C38H32O6/c1-25(21-41-35-17-29-11-5-3-9-27(29)15-33(35)39)23-43-37-19-31-13-7-8-14-32(31)20-38(37)44-24-26(2)22-42-36-18-30-12-6-4-10-28(30)16-34(36)40/h3-20,39-40H,1-2,21-24H2. The van der Waals surface area contributed by atoms with Crippen LogP contribution in [0.25, 0.3) is 32.3 Å². The van der Waals surface area contributed by atoms with Gasteiger partial charge in [0.15, 0.2) is 34.5 Å². The van der Waals surface area contributed by atoms with Gasteiger partial charge in [-0.1, -0.05) is 86.0 Å². The van der Waals surface area contributed by atoms with Gasteiger partial charge in [-0.25, -0.2) is 0 Å². The van der Waals surface area contributed by atoms with Crippen LogP contribution in [-0.2, 0) is 0 Å². The monoisotopic (exact) mass is 584 g/mol. The number of rotatable bonds is 12. The van der Waals surface area contributed by atoms with Gasteiger partial charge in [0, 0.05) is 0 Å². The highest BCUT2D eigenvalue weighted by atomic mass is 16.5. The van der Waals surface area contributed by atoms with Gasteiger partial charge in [0.1, 0.15) is 26.4 Å². The summed E-state index contributed by atoms with van der Waals surface area (Å²) in [7, 11) is 0. The summed E-state index contributed by atoms with van der Waals surface area (Å²) in [5.74, 6) is 2.03. The number of hydrogen-bond acceptors (Lipinski definition) is 6. The molecule has 220 valence electrons. The Morgan fingerprint density at radius 2 is 0.659 bits per heavy atom. The summed E-state index contributed by atoms with van der Waals surface area (Å²) in [6, 6.07) is 34.4. The number of hydrogen-bond donors (Lipinski definition) is 2. The van der Waals surface area contributed by atoms with Crippen molar-refractivity contribution in [2.24, 2.45) is 0 Å². The molecule has 6 nitrogen and oxygen atoms in total. The Morgan fingerprint density at radius 1 is 0.409 bits per heavy atom. The number of phenols is 2. The second-order valence-corrected chi connectivity index (χ2v) is 10.6. The fraction of sp³-hybridized carbons (Fsp3) is 0.105. The van der Waals surface area contributed by atoms with Gasteiger partial charge in [0.2, 0.25) is 0 Å². The first kappa shape index (κ1) is 28.5. The lowest BCUT2D eigenvalue weighted by molar-refractivity contribution is 0.267. The van der Waals surface area contributed by atoms with Gasteiger partial charge in [-0.05, 0) is 79.9 Å². The van der Waals surface area contributed by atoms with E-state index in [1.54, 1.807) is 12.1 Å². The number of benzene rings is 6. The third-order valence-electron chi connectivity index (χ3n) is 7.19. The maximum absolute atomic E-state index is 10.4. The van der Waals surface area contributed by atoms with Crippen LogP contribution in [0.2, 0.25) is 0 Å². The molecule has 6 rings (SSSR count). The first-order valence-corrected chi connectivity index (χ1v) is 14.2. The second-order valence-electron chi connectivity index (χ2n) is 10.6. The Kier molecular flexibility index (Phi) is 8.23. The van der Waals surface area contributed by atoms with Gasteiger partial charge < -0.3 is 29.2 Å². The summed E-state index contributed by atoms with van der Waals surface area (Å²) in [4.78, 5) is 0. The van der Waals surface area contributed by atoms with Crippen molar-refractivity contribution in [2.45, 2.75) is 0 Å². The van der Waals surface area contributed by atoms with Gasteiger partial charge in [0.25, 0.3) is 0 Å². The highest BCUT2D eigenvalue weighted by Crippen LogP contribution is 2.35. The zero-order valence-electron chi connectivity index (χ0n) is 24.2. The molecule has 6 heteroatoms. The number of ether oxygens (including phenoxy) is 4. The van der Waals surface area contributed by atoms with Crippen molar-refractivity contribution in [2.75, 3.05) is 26.4 Å². The smallest absolute Gasteiger partial charge is 0.162 e. The minimum atomic E-state index is 0.0719. The Morgan fingerprint density at radius 3 is 0.977 bits per heavy atom. The molecule has 0 fully saturated rings. The molecule has 0 aliphatic carbocycles. The zero-order valence-corrected chi connectivity index (χ0v) is 24.2. The maximum atomic E-state index is 10.4. The molecule has 0 saturated heterocycles. The van der Waals surface area contributed by atoms with Crippen LogP contribution in [0.3, 0.4) is 0 Å². The summed E-state index contributed by atoms with van der Waals surface area (Å²) in [6.07, 6.45) is 0. The van der Waals surface area contributed by atoms with Crippen molar-refractivity contribution in [1.82, 2.24) is 0 Å². The van der Waals surface area contributed by atoms with Crippen molar-refractivity contribution in [3.8, 4) is 34.5 Å². The Labute approximate surface area is 255 Å². The fourth-order valence-corrected chi connectivity index (χ4v) is 4.87. The first-order chi connectivity index (χ1) is 21.4. The summed E-state index contributed by atoms with van der Waals surface area (Å²) >= 11 is 0. The molecule has 6 aromatic carbocycles. The molecular weight excluding hydrogens is 552 g/mol. The largest absolute Gasteiger partial charge is 0.504 e. The first-order valence-electron chi connectivity index (χ1n) is 14.2. The lowest BCUT2D eigenvalue weighted by Crippen LogP contribution is -2.11. The van der Waals surface area contributed by atoms with Crippen LogP contribution in [0.1, 0.15) is 0 Å². The molecule has 2 N–H and O–H groups in total. The summed E-state index contributed by atoms with van der Waals surface area (Å²) in [5, 5.41) is 26.6. The summed E-state index contributed by atoms with van der Waals surface area (Å²) < 4.78 is 24.0. The van der Waals surface area contributed by atoms with E-state index in [2.05, 4.69) is 13.2 Å². The molecule has 0 saturated carbocycles. The van der Waals surface area contributed by atoms with Gasteiger partial charge in [-0.2, -0.15) is 0 Å². The Hall–Kier alpha value is -5.62.